The lowest BCUT2D eigenvalue weighted by molar-refractivity contribution is 0.0330. The summed E-state index contributed by atoms with van der Waals surface area (Å²) in [5, 5.41) is 2.95. The van der Waals surface area contributed by atoms with E-state index < -0.39 is 0 Å². The van der Waals surface area contributed by atoms with E-state index in [-0.39, 0.29) is 0 Å². The van der Waals surface area contributed by atoms with E-state index in [1.165, 1.54) is 0 Å². The maximum atomic E-state index is 5.42. The molecule has 1 saturated heterocycles. The van der Waals surface area contributed by atoms with Crippen LogP contribution in [-0.2, 0) is 18.3 Å². The van der Waals surface area contributed by atoms with Gasteiger partial charge < -0.3 is 9.30 Å². The summed E-state index contributed by atoms with van der Waals surface area (Å²) in [7, 11) is 1.99. The van der Waals surface area contributed by atoms with Crippen molar-refractivity contribution >= 4 is 22.7 Å². The number of hydrogen-bond donors (Lipinski definition) is 0. The average molecular weight is 341 g/mol. The molecule has 1 aliphatic heterocycles. The van der Waals surface area contributed by atoms with Crippen LogP contribution in [0.4, 0.5) is 0 Å². The normalized spacial score (nSPS) is 15.9. The molecule has 3 heterocycles. The highest BCUT2D eigenvalue weighted by molar-refractivity contribution is 7.99. The van der Waals surface area contributed by atoms with Gasteiger partial charge in [0.1, 0.15) is 10.9 Å². The molecular formula is C17H19N5OS. The Morgan fingerprint density at radius 2 is 2.00 bits per heavy atom. The Kier molecular flexibility index (Phi) is 4.46. The van der Waals surface area contributed by atoms with Gasteiger partial charge in [0.15, 0.2) is 5.16 Å². The van der Waals surface area contributed by atoms with Crippen molar-refractivity contribution in [3.05, 3.63) is 42.5 Å². The summed E-state index contributed by atoms with van der Waals surface area (Å²) in [6.45, 7) is 4.17. The summed E-state index contributed by atoms with van der Waals surface area (Å²) >= 11 is 1.58. The molecule has 0 unspecified atom stereocenters. The van der Waals surface area contributed by atoms with E-state index in [1.807, 2.05) is 36.0 Å². The fourth-order valence-electron chi connectivity index (χ4n) is 2.74. The van der Waals surface area contributed by atoms with E-state index in [4.69, 9.17) is 14.7 Å². The van der Waals surface area contributed by atoms with Crippen LogP contribution in [0.5, 0.6) is 0 Å². The number of rotatable bonds is 4. The quantitative estimate of drug-likeness (QED) is 0.679. The molecule has 0 atom stereocenters. The first-order chi connectivity index (χ1) is 11.8. The number of morpholine rings is 1. The Morgan fingerprint density at radius 3 is 2.79 bits per heavy atom. The molecule has 0 saturated carbocycles. The number of aryl methyl sites for hydroxylation is 1. The molecule has 0 aliphatic carbocycles. The van der Waals surface area contributed by atoms with Gasteiger partial charge in [-0.2, -0.15) is 0 Å². The summed E-state index contributed by atoms with van der Waals surface area (Å²) in [6.07, 6.45) is 3.75. The van der Waals surface area contributed by atoms with Gasteiger partial charge in [-0.15, -0.1) is 0 Å². The topological polar surface area (TPSA) is 56.1 Å². The van der Waals surface area contributed by atoms with Gasteiger partial charge >= 0.3 is 0 Å². The fourth-order valence-corrected chi connectivity index (χ4v) is 3.66. The van der Waals surface area contributed by atoms with Gasteiger partial charge in [0.25, 0.3) is 0 Å². The van der Waals surface area contributed by atoms with Gasteiger partial charge in [0.2, 0.25) is 0 Å². The molecule has 1 fully saturated rings. The van der Waals surface area contributed by atoms with Crippen molar-refractivity contribution in [2.24, 2.45) is 7.05 Å². The van der Waals surface area contributed by atoms with Crippen LogP contribution in [0.15, 0.2) is 46.8 Å². The molecule has 0 N–H and O–H groups in total. The number of fused-ring (bicyclic) bond motifs is 1. The van der Waals surface area contributed by atoms with Crippen LogP contribution in [-0.4, -0.2) is 50.7 Å². The maximum absolute atomic E-state index is 5.42. The van der Waals surface area contributed by atoms with Crippen LogP contribution < -0.4 is 0 Å². The molecule has 1 aromatic carbocycles. The summed E-state index contributed by atoms with van der Waals surface area (Å²) < 4.78 is 7.42. The van der Waals surface area contributed by atoms with Crippen LogP contribution in [0, 0.1) is 0 Å². The van der Waals surface area contributed by atoms with Gasteiger partial charge in [0, 0.05) is 37.9 Å². The van der Waals surface area contributed by atoms with Crippen LogP contribution >= 0.6 is 11.8 Å². The lowest BCUT2D eigenvalue weighted by Gasteiger charge is -2.25. The van der Waals surface area contributed by atoms with Crippen LogP contribution in [0.2, 0.25) is 0 Å². The lowest BCUT2D eigenvalue weighted by Crippen LogP contribution is -2.36. The monoisotopic (exact) mass is 341 g/mol. The number of aromatic nitrogens is 4. The van der Waals surface area contributed by atoms with E-state index in [9.17, 15) is 0 Å². The zero-order valence-electron chi connectivity index (χ0n) is 13.6. The number of imidazole rings is 1. The standard InChI is InChI=1S/C17H19N5OS/c1-21-7-6-18-17(21)24-16-13-4-2-3-5-14(13)19-15(20-16)12-22-8-10-23-11-9-22/h2-7H,8-12H2,1H3. The third kappa shape index (κ3) is 3.28. The molecular weight excluding hydrogens is 322 g/mol. The molecule has 1 aliphatic rings. The van der Waals surface area contributed by atoms with E-state index in [0.717, 1.165) is 59.8 Å². The molecule has 0 radical (unpaired) electrons. The minimum Gasteiger partial charge on any atom is -0.379 e. The zero-order chi connectivity index (χ0) is 16.4. The molecule has 0 amide bonds. The SMILES string of the molecule is Cn1ccnc1Sc1nc(CN2CCOCC2)nc2ccccc12. The number of nitrogens with zero attached hydrogens (tertiary/aromatic N) is 5. The number of hydrogen-bond acceptors (Lipinski definition) is 6. The molecule has 0 spiro atoms. The number of para-hydroxylation sites is 1. The van der Waals surface area contributed by atoms with Gasteiger partial charge in [-0.05, 0) is 17.8 Å². The molecule has 2 aromatic heterocycles. The van der Waals surface area contributed by atoms with Crippen molar-refractivity contribution in [2.45, 2.75) is 16.7 Å². The van der Waals surface area contributed by atoms with E-state index in [2.05, 4.69) is 16.0 Å². The summed E-state index contributed by atoms with van der Waals surface area (Å²) in [5.74, 6) is 0.854. The second-order valence-corrected chi connectivity index (χ2v) is 6.73. The summed E-state index contributed by atoms with van der Waals surface area (Å²) in [6, 6.07) is 8.15. The highest BCUT2D eigenvalue weighted by atomic mass is 32.2. The molecule has 0 bridgehead atoms. The predicted molar refractivity (Wildman–Crippen MR) is 93.0 cm³/mol. The Hall–Kier alpha value is -1.96. The van der Waals surface area contributed by atoms with E-state index >= 15 is 0 Å². The second-order valence-electron chi connectivity index (χ2n) is 5.77. The highest BCUT2D eigenvalue weighted by Crippen LogP contribution is 2.30. The third-order valence-corrected chi connectivity index (χ3v) is 5.13. The van der Waals surface area contributed by atoms with Crippen molar-refractivity contribution in [1.82, 2.24) is 24.4 Å². The first-order valence-electron chi connectivity index (χ1n) is 8.00. The molecule has 24 heavy (non-hydrogen) atoms. The van der Waals surface area contributed by atoms with Crippen LogP contribution in [0.25, 0.3) is 10.9 Å². The van der Waals surface area contributed by atoms with Gasteiger partial charge in [-0.1, -0.05) is 18.2 Å². The van der Waals surface area contributed by atoms with Crippen molar-refractivity contribution < 1.29 is 4.74 Å². The smallest absolute Gasteiger partial charge is 0.174 e. The Bertz CT molecular complexity index is 844. The predicted octanol–water partition coefficient (Wildman–Crippen LogP) is 2.35. The van der Waals surface area contributed by atoms with Crippen molar-refractivity contribution in [3.63, 3.8) is 0 Å². The molecule has 3 aromatic rings. The Labute approximate surface area is 144 Å². The van der Waals surface area contributed by atoms with E-state index in [0.29, 0.717) is 0 Å². The largest absolute Gasteiger partial charge is 0.379 e. The van der Waals surface area contributed by atoms with Gasteiger partial charge in [-0.25, -0.2) is 15.0 Å². The zero-order valence-corrected chi connectivity index (χ0v) is 14.4. The molecule has 6 nitrogen and oxygen atoms in total. The maximum Gasteiger partial charge on any atom is 0.174 e. The average Bonchev–Trinajstić information content (AvgIpc) is 3.01. The van der Waals surface area contributed by atoms with Crippen molar-refractivity contribution in [3.8, 4) is 0 Å². The minimum absolute atomic E-state index is 0.752. The third-order valence-electron chi connectivity index (χ3n) is 4.05. The minimum atomic E-state index is 0.752. The van der Waals surface area contributed by atoms with Gasteiger partial charge in [0.05, 0.1) is 25.3 Å². The van der Waals surface area contributed by atoms with Crippen molar-refractivity contribution in [1.29, 1.82) is 0 Å². The van der Waals surface area contributed by atoms with Crippen LogP contribution in [0.3, 0.4) is 0 Å². The second kappa shape index (κ2) is 6.88. The molecule has 124 valence electrons. The fraction of sp³-hybridized carbons (Fsp3) is 0.353. The van der Waals surface area contributed by atoms with Crippen molar-refractivity contribution in [2.75, 3.05) is 26.3 Å². The molecule has 7 heteroatoms. The summed E-state index contributed by atoms with van der Waals surface area (Å²) in [4.78, 5) is 16.3. The summed E-state index contributed by atoms with van der Waals surface area (Å²) in [5.41, 5.74) is 0.979. The van der Waals surface area contributed by atoms with E-state index in [1.54, 1.807) is 18.0 Å². The van der Waals surface area contributed by atoms with Gasteiger partial charge in [-0.3, -0.25) is 4.90 Å². The Morgan fingerprint density at radius 1 is 1.17 bits per heavy atom. The highest BCUT2D eigenvalue weighted by Gasteiger charge is 2.15. The first-order valence-corrected chi connectivity index (χ1v) is 8.82. The Balaban J connectivity index is 1.69. The van der Waals surface area contributed by atoms with Crippen LogP contribution in [0.1, 0.15) is 5.82 Å². The number of benzene rings is 1. The lowest BCUT2D eigenvalue weighted by atomic mass is 10.2. The molecule has 4 rings (SSSR count). The first kappa shape index (κ1) is 15.6. The number of ether oxygens (including phenoxy) is 1.